The Labute approximate surface area is 116 Å². The monoisotopic (exact) mass is 282 g/mol. The molecule has 0 saturated heterocycles. The Hall–Kier alpha value is -2.45. The number of esters is 1. The van der Waals surface area contributed by atoms with Crippen LogP contribution in [0.1, 0.15) is 12.7 Å². The zero-order valence-corrected chi connectivity index (χ0v) is 11.7. The van der Waals surface area contributed by atoms with Gasteiger partial charge >= 0.3 is 5.97 Å². The lowest BCUT2D eigenvalue weighted by Gasteiger charge is -2.07. The Kier molecular flexibility index (Phi) is 6.14. The molecule has 0 bridgehead atoms. The van der Waals surface area contributed by atoms with Crippen LogP contribution in [0.25, 0.3) is 0 Å². The lowest BCUT2D eigenvalue weighted by Crippen LogP contribution is -2.32. The fourth-order valence-corrected chi connectivity index (χ4v) is 1.31. The van der Waals surface area contributed by atoms with Gasteiger partial charge in [-0.25, -0.2) is 0 Å². The maximum Gasteiger partial charge on any atom is 0.325 e. The van der Waals surface area contributed by atoms with Crippen molar-refractivity contribution in [2.24, 2.45) is 0 Å². The predicted molar refractivity (Wildman–Crippen MR) is 72.3 cm³/mol. The summed E-state index contributed by atoms with van der Waals surface area (Å²) >= 11 is 0. The van der Waals surface area contributed by atoms with Gasteiger partial charge in [-0.2, -0.15) is 15.0 Å². The Morgan fingerprint density at radius 3 is 2.20 bits per heavy atom. The van der Waals surface area contributed by atoms with Gasteiger partial charge in [-0.1, -0.05) is 0 Å². The standard InChI is InChI=1S/C11H18N6O3/c1-4-20-9(19)6-14-8(18)5-7-15-10(12-2)17-11(13-3)16-7/h4-6H2,1-3H3,(H,14,18)(H2,12,13,15,16,17). The van der Waals surface area contributed by atoms with Gasteiger partial charge in [0, 0.05) is 14.1 Å². The molecule has 0 spiro atoms. The van der Waals surface area contributed by atoms with Crippen LogP contribution >= 0.6 is 0 Å². The summed E-state index contributed by atoms with van der Waals surface area (Å²) in [5.41, 5.74) is 0. The second-order valence-electron chi connectivity index (χ2n) is 3.66. The third kappa shape index (κ3) is 5.04. The number of amides is 1. The normalized spacial score (nSPS) is 9.75. The van der Waals surface area contributed by atoms with Crippen LogP contribution in [0.4, 0.5) is 11.9 Å². The summed E-state index contributed by atoms with van der Waals surface area (Å²) in [6.07, 6.45) is -0.0503. The molecule has 1 aromatic heterocycles. The van der Waals surface area contributed by atoms with E-state index in [0.717, 1.165) is 0 Å². The topological polar surface area (TPSA) is 118 Å². The van der Waals surface area contributed by atoms with Gasteiger partial charge in [-0.05, 0) is 6.92 Å². The van der Waals surface area contributed by atoms with Crippen LogP contribution < -0.4 is 16.0 Å². The van der Waals surface area contributed by atoms with Crippen molar-refractivity contribution in [3.05, 3.63) is 5.82 Å². The molecule has 0 aliphatic carbocycles. The van der Waals surface area contributed by atoms with Crippen molar-refractivity contribution in [2.75, 3.05) is 37.9 Å². The van der Waals surface area contributed by atoms with Gasteiger partial charge in [0.05, 0.1) is 13.0 Å². The van der Waals surface area contributed by atoms with Crippen molar-refractivity contribution in [1.29, 1.82) is 0 Å². The highest BCUT2D eigenvalue weighted by atomic mass is 16.5. The molecule has 1 heterocycles. The van der Waals surface area contributed by atoms with Gasteiger partial charge in [-0.3, -0.25) is 9.59 Å². The number of anilines is 2. The van der Waals surface area contributed by atoms with E-state index in [0.29, 0.717) is 17.7 Å². The number of nitrogens with zero attached hydrogens (tertiary/aromatic N) is 3. The van der Waals surface area contributed by atoms with Crippen molar-refractivity contribution in [1.82, 2.24) is 20.3 Å². The van der Waals surface area contributed by atoms with Crippen molar-refractivity contribution >= 4 is 23.8 Å². The maximum absolute atomic E-state index is 11.7. The smallest absolute Gasteiger partial charge is 0.325 e. The second kappa shape index (κ2) is 7.87. The van der Waals surface area contributed by atoms with E-state index in [1.165, 1.54) is 0 Å². The largest absolute Gasteiger partial charge is 0.465 e. The van der Waals surface area contributed by atoms with E-state index in [2.05, 4.69) is 30.9 Å². The maximum atomic E-state index is 11.7. The molecule has 0 aliphatic heterocycles. The van der Waals surface area contributed by atoms with Crippen LogP contribution in [0, 0.1) is 0 Å². The SMILES string of the molecule is CCOC(=O)CNC(=O)Cc1nc(NC)nc(NC)n1. The van der Waals surface area contributed by atoms with Gasteiger partial charge in [0.15, 0.2) is 0 Å². The van der Waals surface area contributed by atoms with E-state index in [1.807, 2.05) is 0 Å². The van der Waals surface area contributed by atoms with Gasteiger partial charge < -0.3 is 20.7 Å². The zero-order chi connectivity index (χ0) is 15.0. The van der Waals surface area contributed by atoms with Crippen molar-refractivity contribution in [3.8, 4) is 0 Å². The lowest BCUT2D eigenvalue weighted by molar-refractivity contribution is -0.143. The highest BCUT2D eigenvalue weighted by molar-refractivity contribution is 5.82. The van der Waals surface area contributed by atoms with Crippen LogP contribution in [-0.2, 0) is 20.7 Å². The first-order valence-electron chi connectivity index (χ1n) is 6.11. The van der Waals surface area contributed by atoms with Crippen LogP contribution in [0.3, 0.4) is 0 Å². The molecule has 110 valence electrons. The van der Waals surface area contributed by atoms with E-state index in [1.54, 1.807) is 21.0 Å². The van der Waals surface area contributed by atoms with Crippen molar-refractivity contribution in [2.45, 2.75) is 13.3 Å². The Morgan fingerprint density at radius 1 is 1.10 bits per heavy atom. The van der Waals surface area contributed by atoms with Crippen LogP contribution in [-0.4, -0.2) is 54.1 Å². The molecular formula is C11H18N6O3. The molecule has 3 N–H and O–H groups in total. The molecule has 0 aliphatic rings. The summed E-state index contributed by atoms with van der Waals surface area (Å²) in [6.45, 7) is 1.80. The molecule has 0 atom stereocenters. The average molecular weight is 282 g/mol. The number of hydrogen-bond acceptors (Lipinski definition) is 8. The molecular weight excluding hydrogens is 264 g/mol. The minimum Gasteiger partial charge on any atom is -0.465 e. The Bertz CT molecular complexity index is 457. The molecule has 1 rings (SSSR count). The highest BCUT2D eigenvalue weighted by Crippen LogP contribution is 2.04. The van der Waals surface area contributed by atoms with Crippen LogP contribution in [0.15, 0.2) is 0 Å². The van der Waals surface area contributed by atoms with Gasteiger partial charge in [0.1, 0.15) is 12.4 Å². The number of aromatic nitrogens is 3. The molecule has 9 nitrogen and oxygen atoms in total. The molecule has 20 heavy (non-hydrogen) atoms. The zero-order valence-electron chi connectivity index (χ0n) is 11.7. The first-order valence-corrected chi connectivity index (χ1v) is 6.11. The van der Waals surface area contributed by atoms with Crippen molar-refractivity contribution < 1.29 is 14.3 Å². The lowest BCUT2D eigenvalue weighted by atomic mass is 10.3. The number of rotatable bonds is 7. The Balaban J connectivity index is 2.59. The first kappa shape index (κ1) is 15.6. The van der Waals surface area contributed by atoms with Crippen LogP contribution in [0.2, 0.25) is 0 Å². The predicted octanol–water partition coefficient (Wildman–Crippen LogP) is -0.823. The quantitative estimate of drug-likeness (QED) is 0.555. The fraction of sp³-hybridized carbons (Fsp3) is 0.545. The van der Waals surface area contributed by atoms with E-state index in [9.17, 15) is 9.59 Å². The third-order valence-electron chi connectivity index (χ3n) is 2.18. The van der Waals surface area contributed by atoms with E-state index < -0.39 is 5.97 Å². The molecule has 9 heteroatoms. The molecule has 0 saturated carbocycles. The van der Waals surface area contributed by atoms with E-state index in [4.69, 9.17) is 4.74 Å². The molecule has 0 fully saturated rings. The molecule has 0 aromatic carbocycles. The third-order valence-corrected chi connectivity index (χ3v) is 2.18. The number of ether oxygens (including phenoxy) is 1. The number of hydrogen-bond donors (Lipinski definition) is 3. The summed E-state index contributed by atoms with van der Waals surface area (Å²) in [6, 6.07) is 0. The highest BCUT2D eigenvalue weighted by Gasteiger charge is 2.11. The van der Waals surface area contributed by atoms with Crippen LogP contribution in [0.5, 0.6) is 0 Å². The van der Waals surface area contributed by atoms with Crippen molar-refractivity contribution in [3.63, 3.8) is 0 Å². The number of carbonyl (C=O) groups excluding carboxylic acids is 2. The Morgan fingerprint density at radius 2 is 1.70 bits per heavy atom. The second-order valence-corrected chi connectivity index (χ2v) is 3.66. The average Bonchev–Trinajstić information content (AvgIpc) is 2.45. The van der Waals surface area contributed by atoms with Gasteiger partial charge in [0.25, 0.3) is 0 Å². The summed E-state index contributed by atoms with van der Waals surface area (Å²) in [5.74, 6) is 0.168. The molecule has 0 unspecified atom stereocenters. The number of nitrogens with one attached hydrogen (secondary N) is 3. The minimum atomic E-state index is -0.483. The van der Waals surface area contributed by atoms with Gasteiger partial charge in [-0.15, -0.1) is 0 Å². The minimum absolute atomic E-state index is 0.0503. The summed E-state index contributed by atoms with van der Waals surface area (Å²) in [4.78, 5) is 34.9. The summed E-state index contributed by atoms with van der Waals surface area (Å²) < 4.78 is 4.70. The first-order chi connectivity index (χ1) is 9.58. The summed E-state index contributed by atoms with van der Waals surface area (Å²) in [5, 5.41) is 7.98. The molecule has 1 amide bonds. The summed E-state index contributed by atoms with van der Waals surface area (Å²) in [7, 11) is 3.33. The van der Waals surface area contributed by atoms with Gasteiger partial charge in [0.2, 0.25) is 17.8 Å². The molecule has 0 radical (unpaired) electrons. The van der Waals surface area contributed by atoms with E-state index >= 15 is 0 Å². The fourth-order valence-electron chi connectivity index (χ4n) is 1.31. The molecule has 1 aromatic rings. The number of carbonyl (C=O) groups is 2. The van der Waals surface area contributed by atoms with E-state index in [-0.39, 0.29) is 25.5 Å².